The maximum atomic E-state index is 11.4. The van der Waals surface area contributed by atoms with Crippen LogP contribution < -0.4 is 0 Å². The molecule has 1 aliphatic carbocycles. The summed E-state index contributed by atoms with van der Waals surface area (Å²) in [5.74, 6) is 0.439. The largest absolute Gasteiger partial charge is 0.466 e. The van der Waals surface area contributed by atoms with Crippen LogP contribution in [0.3, 0.4) is 0 Å². The van der Waals surface area contributed by atoms with Crippen molar-refractivity contribution < 1.29 is 14.3 Å². The molecule has 72 valence electrons. The summed E-state index contributed by atoms with van der Waals surface area (Å²) < 4.78 is 10.3. The van der Waals surface area contributed by atoms with Gasteiger partial charge in [-0.1, -0.05) is 13.0 Å². The molecule has 0 unspecified atom stereocenters. The molecule has 0 aromatic rings. The van der Waals surface area contributed by atoms with E-state index < -0.39 is 0 Å². The molecule has 0 radical (unpaired) electrons. The van der Waals surface area contributed by atoms with Crippen LogP contribution in [0.2, 0.25) is 0 Å². The van der Waals surface area contributed by atoms with Gasteiger partial charge >= 0.3 is 5.97 Å². The number of ether oxygens (including phenoxy) is 2. The fourth-order valence-corrected chi connectivity index (χ4v) is 2.30. The second-order valence-corrected chi connectivity index (χ2v) is 3.70. The predicted molar refractivity (Wildman–Crippen MR) is 47.1 cm³/mol. The monoisotopic (exact) mass is 182 g/mol. The van der Waals surface area contributed by atoms with Gasteiger partial charge in [-0.05, 0) is 6.42 Å². The van der Waals surface area contributed by atoms with Gasteiger partial charge in [0, 0.05) is 24.0 Å². The minimum Gasteiger partial charge on any atom is -0.466 e. The van der Waals surface area contributed by atoms with Crippen molar-refractivity contribution >= 4 is 5.97 Å². The summed E-state index contributed by atoms with van der Waals surface area (Å²) >= 11 is 0. The highest BCUT2D eigenvalue weighted by Crippen LogP contribution is 2.39. The lowest BCUT2D eigenvalue weighted by Crippen LogP contribution is -2.20. The van der Waals surface area contributed by atoms with E-state index in [-0.39, 0.29) is 18.0 Å². The Kier molecular flexibility index (Phi) is 2.12. The first kappa shape index (κ1) is 8.75. The molecule has 2 aliphatic rings. The van der Waals surface area contributed by atoms with Crippen molar-refractivity contribution in [1.29, 1.82) is 0 Å². The van der Waals surface area contributed by atoms with E-state index >= 15 is 0 Å². The SMILES string of the molecule is COC(=O)C1=C[C@@H](C)[C@@H]2OCC[C@H]12. The molecule has 13 heavy (non-hydrogen) atoms. The molecule has 3 atom stereocenters. The first-order valence-corrected chi connectivity index (χ1v) is 4.65. The Morgan fingerprint density at radius 3 is 3.15 bits per heavy atom. The molecule has 3 heteroatoms. The fraction of sp³-hybridized carbons (Fsp3) is 0.700. The van der Waals surface area contributed by atoms with Crippen LogP contribution in [0, 0.1) is 11.8 Å². The van der Waals surface area contributed by atoms with Crippen molar-refractivity contribution in [1.82, 2.24) is 0 Å². The average Bonchev–Trinajstić information content (AvgIpc) is 2.68. The number of esters is 1. The lowest BCUT2D eigenvalue weighted by molar-refractivity contribution is -0.136. The third-order valence-corrected chi connectivity index (χ3v) is 2.92. The fourth-order valence-electron chi connectivity index (χ4n) is 2.30. The summed E-state index contributed by atoms with van der Waals surface area (Å²) in [6, 6.07) is 0. The van der Waals surface area contributed by atoms with Crippen LogP contribution >= 0.6 is 0 Å². The van der Waals surface area contributed by atoms with E-state index in [1.807, 2.05) is 6.08 Å². The summed E-state index contributed by atoms with van der Waals surface area (Å²) in [6.07, 6.45) is 3.16. The number of hydrogen-bond donors (Lipinski definition) is 0. The molecule has 3 nitrogen and oxygen atoms in total. The van der Waals surface area contributed by atoms with Gasteiger partial charge in [0.05, 0.1) is 13.2 Å². The third-order valence-electron chi connectivity index (χ3n) is 2.92. The van der Waals surface area contributed by atoms with Gasteiger partial charge in [-0.3, -0.25) is 0 Å². The predicted octanol–water partition coefficient (Wildman–Crippen LogP) is 1.14. The van der Waals surface area contributed by atoms with Gasteiger partial charge in [0.25, 0.3) is 0 Å². The van der Waals surface area contributed by atoms with Gasteiger partial charge in [-0.2, -0.15) is 0 Å². The lowest BCUT2D eigenvalue weighted by Gasteiger charge is -2.14. The van der Waals surface area contributed by atoms with E-state index in [1.165, 1.54) is 7.11 Å². The summed E-state index contributed by atoms with van der Waals surface area (Å²) in [4.78, 5) is 11.4. The summed E-state index contributed by atoms with van der Waals surface area (Å²) in [5.41, 5.74) is 0.817. The smallest absolute Gasteiger partial charge is 0.333 e. The van der Waals surface area contributed by atoms with Crippen molar-refractivity contribution in [2.45, 2.75) is 19.4 Å². The first-order valence-electron chi connectivity index (χ1n) is 4.65. The number of carbonyl (C=O) groups excluding carboxylic acids is 1. The Hall–Kier alpha value is -0.830. The Morgan fingerprint density at radius 1 is 1.69 bits per heavy atom. The van der Waals surface area contributed by atoms with Crippen LogP contribution in [0.1, 0.15) is 13.3 Å². The standard InChI is InChI=1S/C10H14O3/c1-6-5-8(10(11)12-2)7-3-4-13-9(6)7/h5-7,9H,3-4H2,1-2H3/t6-,7-,9+/m1/s1. The zero-order chi connectivity index (χ0) is 9.42. The van der Waals surface area contributed by atoms with Gasteiger partial charge in [0.2, 0.25) is 0 Å². The molecule has 0 amide bonds. The molecular formula is C10H14O3. The molecule has 1 fully saturated rings. The molecule has 0 saturated carbocycles. The molecule has 1 heterocycles. The minimum absolute atomic E-state index is 0.190. The molecule has 0 spiro atoms. The third kappa shape index (κ3) is 1.27. The van der Waals surface area contributed by atoms with Crippen LogP contribution in [0.4, 0.5) is 0 Å². The number of rotatable bonds is 1. The van der Waals surface area contributed by atoms with E-state index in [9.17, 15) is 4.79 Å². The molecule has 1 saturated heterocycles. The Labute approximate surface area is 77.7 Å². The molecule has 2 rings (SSSR count). The van der Waals surface area contributed by atoms with Crippen LogP contribution in [-0.2, 0) is 14.3 Å². The highest BCUT2D eigenvalue weighted by atomic mass is 16.5. The van der Waals surface area contributed by atoms with Crippen molar-refractivity contribution in [3.05, 3.63) is 11.6 Å². The summed E-state index contributed by atoms with van der Waals surface area (Å²) in [6.45, 7) is 2.85. The molecule has 0 aromatic carbocycles. The van der Waals surface area contributed by atoms with Gasteiger partial charge < -0.3 is 9.47 Å². The van der Waals surface area contributed by atoms with Gasteiger partial charge in [0.1, 0.15) is 0 Å². The highest BCUT2D eigenvalue weighted by Gasteiger charge is 2.42. The van der Waals surface area contributed by atoms with Gasteiger partial charge in [0.15, 0.2) is 0 Å². The zero-order valence-corrected chi connectivity index (χ0v) is 7.95. The van der Waals surface area contributed by atoms with Crippen molar-refractivity contribution in [3.63, 3.8) is 0 Å². The van der Waals surface area contributed by atoms with Crippen molar-refractivity contribution in [2.24, 2.45) is 11.8 Å². The molecule has 0 aromatic heterocycles. The Balaban J connectivity index is 2.20. The van der Waals surface area contributed by atoms with E-state index in [0.717, 1.165) is 18.6 Å². The van der Waals surface area contributed by atoms with E-state index in [1.54, 1.807) is 0 Å². The minimum atomic E-state index is -0.190. The first-order chi connectivity index (χ1) is 6.24. The zero-order valence-electron chi connectivity index (χ0n) is 7.95. The number of carbonyl (C=O) groups is 1. The van der Waals surface area contributed by atoms with Crippen LogP contribution in [0.5, 0.6) is 0 Å². The maximum Gasteiger partial charge on any atom is 0.333 e. The highest BCUT2D eigenvalue weighted by molar-refractivity contribution is 5.89. The Bertz CT molecular complexity index is 257. The quantitative estimate of drug-likeness (QED) is 0.570. The van der Waals surface area contributed by atoms with Crippen LogP contribution in [0.15, 0.2) is 11.6 Å². The summed E-state index contributed by atoms with van der Waals surface area (Å²) in [7, 11) is 1.43. The van der Waals surface area contributed by atoms with Gasteiger partial charge in [-0.15, -0.1) is 0 Å². The maximum absolute atomic E-state index is 11.4. The number of fused-ring (bicyclic) bond motifs is 1. The average molecular weight is 182 g/mol. The molecule has 0 N–H and O–H groups in total. The lowest BCUT2D eigenvalue weighted by atomic mass is 9.96. The second kappa shape index (κ2) is 3.14. The van der Waals surface area contributed by atoms with Crippen LogP contribution in [-0.4, -0.2) is 25.8 Å². The topological polar surface area (TPSA) is 35.5 Å². The number of hydrogen-bond acceptors (Lipinski definition) is 3. The van der Waals surface area contributed by atoms with E-state index in [0.29, 0.717) is 5.92 Å². The number of methoxy groups -OCH3 is 1. The second-order valence-electron chi connectivity index (χ2n) is 3.70. The van der Waals surface area contributed by atoms with E-state index in [2.05, 4.69) is 6.92 Å². The Morgan fingerprint density at radius 2 is 2.46 bits per heavy atom. The van der Waals surface area contributed by atoms with Gasteiger partial charge in [-0.25, -0.2) is 4.79 Å². The molecule has 1 aliphatic heterocycles. The summed E-state index contributed by atoms with van der Waals surface area (Å²) in [5, 5.41) is 0. The molecule has 0 bridgehead atoms. The van der Waals surface area contributed by atoms with Crippen LogP contribution in [0.25, 0.3) is 0 Å². The normalized spacial score (nSPS) is 37.1. The van der Waals surface area contributed by atoms with E-state index in [4.69, 9.17) is 9.47 Å². The molecular weight excluding hydrogens is 168 g/mol. The van der Waals surface area contributed by atoms with Crippen molar-refractivity contribution in [2.75, 3.05) is 13.7 Å². The van der Waals surface area contributed by atoms with Crippen molar-refractivity contribution in [3.8, 4) is 0 Å².